The van der Waals surface area contributed by atoms with Gasteiger partial charge in [-0.15, -0.1) is 11.3 Å². The largest absolute Gasteiger partial charge is 0.347 e. The molecular formula is C16H14N4O2S. The molecular weight excluding hydrogens is 312 g/mol. The molecule has 116 valence electrons. The van der Waals surface area contributed by atoms with E-state index in [2.05, 4.69) is 15.3 Å². The Morgan fingerprint density at radius 3 is 2.96 bits per heavy atom. The molecule has 1 aromatic carbocycles. The number of anilines is 1. The van der Waals surface area contributed by atoms with Gasteiger partial charge in [-0.2, -0.15) is 0 Å². The molecule has 2 aromatic heterocycles. The molecule has 6 nitrogen and oxygen atoms in total. The first-order valence-corrected chi connectivity index (χ1v) is 7.84. The molecule has 0 unspecified atom stereocenters. The van der Waals surface area contributed by atoms with Crippen LogP contribution in [0.1, 0.15) is 21.1 Å². The summed E-state index contributed by atoms with van der Waals surface area (Å²) in [5.74, 6) is -0.245. The number of rotatable bonds is 4. The lowest BCUT2D eigenvalue weighted by atomic mass is 10.2. The molecule has 2 heterocycles. The SMILES string of the molecule is Cc1nc(C(=O)Nc2cccc(Cn3cccnc3=O)c2)cs1. The van der Waals surface area contributed by atoms with Crippen molar-refractivity contribution >= 4 is 22.9 Å². The molecule has 0 saturated heterocycles. The zero-order valence-electron chi connectivity index (χ0n) is 12.4. The molecule has 0 saturated carbocycles. The summed E-state index contributed by atoms with van der Waals surface area (Å²) in [7, 11) is 0. The minimum atomic E-state index is -0.306. The Hall–Kier alpha value is -2.80. The van der Waals surface area contributed by atoms with Crippen LogP contribution in [0.4, 0.5) is 5.69 Å². The van der Waals surface area contributed by atoms with Gasteiger partial charge < -0.3 is 5.32 Å². The number of thiazole rings is 1. The van der Waals surface area contributed by atoms with Gasteiger partial charge in [0.15, 0.2) is 0 Å². The molecule has 1 amide bonds. The topological polar surface area (TPSA) is 76.9 Å². The first-order valence-electron chi connectivity index (χ1n) is 6.96. The smallest absolute Gasteiger partial charge is 0.321 e. The van der Waals surface area contributed by atoms with Gasteiger partial charge in [0.25, 0.3) is 5.91 Å². The van der Waals surface area contributed by atoms with Crippen LogP contribution in [0.2, 0.25) is 0 Å². The van der Waals surface area contributed by atoms with Gasteiger partial charge in [-0.1, -0.05) is 12.1 Å². The normalized spacial score (nSPS) is 10.5. The van der Waals surface area contributed by atoms with E-state index >= 15 is 0 Å². The minimum Gasteiger partial charge on any atom is -0.321 e. The molecule has 0 radical (unpaired) electrons. The Morgan fingerprint density at radius 1 is 1.35 bits per heavy atom. The van der Waals surface area contributed by atoms with Crippen LogP contribution < -0.4 is 11.0 Å². The zero-order chi connectivity index (χ0) is 16.2. The van der Waals surface area contributed by atoms with Gasteiger partial charge in [-0.05, 0) is 30.7 Å². The van der Waals surface area contributed by atoms with Crippen molar-refractivity contribution in [3.05, 3.63) is 74.9 Å². The van der Waals surface area contributed by atoms with Crippen LogP contribution >= 0.6 is 11.3 Å². The van der Waals surface area contributed by atoms with Gasteiger partial charge in [0, 0.05) is 23.5 Å². The third-order valence-corrected chi connectivity index (χ3v) is 3.95. The van der Waals surface area contributed by atoms with Gasteiger partial charge in [0.05, 0.1) is 11.6 Å². The number of hydrogen-bond acceptors (Lipinski definition) is 5. The van der Waals surface area contributed by atoms with Crippen molar-refractivity contribution in [3.8, 4) is 0 Å². The summed E-state index contributed by atoms with van der Waals surface area (Å²) in [6.07, 6.45) is 3.14. The first kappa shape index (κ1) is 15.1. The van der Waals surface area contributed by atoms with E-state index in [1.165, 1.54) is 22.1 Å². The maximum absolute atomic E-state index is 12.1. The fourth-order valence-electron chi connectivity index (χ4n) is 2.11. The van der Waals surface area contributed by atoms with E-state index in [1.54, 1.807) is 23.7 Å². The summed E-state index contributed by atoms with van der Waals surface area (Å²) in [6.45, 7) is 2.25. The highest BCUT2D eigenvalue weighted by atomic mass is 32.1. The summed E-state index contributed by atoms with van der Waals surface area (Å²) in [5.41, 5.74) is 1.66. The van der Waals surface area contributed by atoms with Crippen LogP contribution in [0.5, 0.6) is 0 Å². The Labute approximate surface area is 136 Å². The van der Waals surface area contributed by atoms with Gasteiger partial charge in [0.1, 0.15) is 5.69 Å². The van der Waals surface area contributed by atoms with E-state index < -0.39 is 0 Å². The van der Waals surface area contributed by atoms with E-state index in [0.29, 0.717) is 17.9 Å². The van der Waals surface area contributed by atoms with Crippen molar-refractivity contribution in [1.82, 2.24) is 14.5 Å². The predicted molar refractivity (Wildman–Crippen MR) is 88.8 cm³/mol. The molecule has 0 aliphatic heterocycles. The van der Waals surface area contributed by atoms with E-state index in [1.807, 2.05) is 25.1 Å². The van der Waals surface area contributed by atoms with Crippen molar-refractivity contribution in [2.24, 2.45) is 0 Å². The Morgan fingerprint density at radius 2 is 2.22 bits per heavy atom. The molecule has 0 atom stereocenters. The standard InChI is InChI=1S/C16H14N4O2S/c1-11-18-14(10-23-11)15(21)19-13-5-2-4-12(8-13)9-20-7-3-6-17-16(20)22/h2-8,10H,9H2,1H3,(H,19,21). The van der Waals surface area contributed by atoms with Crippen LogP contribution in [-0.2, 0) is 6.54 Å². The van der Waals surface area contributed by atoms with E-state index in [0.717, 1.165) is 10.6 Å². The molecule has 0 bridgehead atoms. The van der Waals surface area contributed by atoms with Crippen LogP contribution in [0.3, 0.4) is 0 Å². The van der Waals surface area contributed by atoms with E-state index in [9.17, 15) is 9.59 Å². The molecule has 23 heavy (non-hydrogen) atoms. The summed E-state index contributed by atoms with van der Waals surface area (Å²) in [6, 6.07) is 9.06. The lowest BCUT2D eigenvalue weighted by Gasteiger charge is -2.08. The number of benzene rings is 1. The van der Waals surface area contributed by atoms with Crippen LogP contribution in [-0.4, -0.2) is 20.4 Å². The average Bonchev–Trinajstić information content (AvgIpc) is 2.97. The summed E-state index contributed by atoms with van der Waals surface area (Å²) in [5, 5.41) is 5.39. The monoisotopic (exact) mass is 326 g/mol. The molecule has 0 fully saturated rings. The van der Waals surface area contributed by atoms with Crippen molar-refractivity contribution in [3.63, 3.8) is 0 Å². The number of aryl methyl sites for hydroxylation is 1. The van der Waals surface area contributed by atoms with Gasteiger partial charge in [0.2, 0.25) is 0 Å². The molecule has 0 aliphatic carbocycles. The van der Waals surface area contributed by atoms with Crippen LogP contribution in [0, 0.1) is 6.92 Å². The van der Waals surface area contributed by atoms with Crippen LogP contribution in [0.15, 0.2) is 52.9 Å². The lowest BCUT2D eigenvalue weighted by molar-refractivity contribution is 0.102. The number of aromatic nitrogens is 3. The highest BCUT2D eigenvalue weighted by Gasteiger charge is 2.10. The van der Waals surface area contributed by atoms with Gasteiger partial charge >= 0.3 is 5.69 Å². The summed E-state index contributed by atoms with van der Waals surface area (Å²) < 4.78 is 1.50. The fourth-order valence-corrected chi connectivity index (χ4v) is 2.71. The molecule has 0 spiro atoms. The third-order valence-electron chi connectivity index (χ3n) is 3.17. The third kappa shape index (κ3) is 3.70. The molecule has 1 N–H and O–H groups in total. The zero-order valence-corrected chi connectivity index (χ0v) is 13.2. The highest BCUT2D eigenvalue weighted by molar-refractivity contribution is 7.09. The predicted octanol–water partition coefficient (Wildman–Crippen LogP) is 2.31. The number of nitrogens with zero attached hydrogens (tertiary/aromatic N) is 3. The summed E-state index contributed by atoms with van der Waals surface area (Å²) >= 11 is 1.43. The molecule has 3 rings (SSSR count). The van der Waals surface area contributed by atoms with Crippen LogP contribution in [0.25, 0.3) is 0 Å². The van der Waals surface area contributed by atoms with Gasteiger partial charge in [-0.25, -0.2) is 14.8 Å². The summed E-state index contributed by atoms with van der Waals surface area (Å²) in [4.78, 5) is 31.6. The average molecular weight is 326 g/mol. The lowest BCUT2D eigenvalue weighted by Crippen LogP contribution is -2.22. The second-order valence-corrected chi connectivity index (χ2v) is 6.00. The maximum Gasteiger partial charge on any atom is 0.347 e. The van der Waals surface area contributed by atoms with E-state index in [-0.39, 0.29) is 11.6 Å². The number of hydrogen-bond donors (Lipinski definition) is 1. The fraction of sp³-hybridized carbons (Fsp3) is 0.125. The molecule has 0 aliphatic rings. The second kappa shape index (κ2) is 6.53. The number of carbonyl (C=O) groups excluding carboxylic acids is 1. The maximum atomic E-state index is 12.1. The van der Waals surface area contributed by atoms with Crippen molar-refractivity contribution < 1.29 is 4.79 Å². The molecule has 3 aromatic rings. The Balaban J connectivity index is 1.76. The Kier molecular flexibility index (Phi) is 4.29. The van der Waals surface area contributed by atoms with Crippen molar-refractivity contribution in [2.45, 2.75) is 13.5 Å². The van der Waals surface area contributed by atoms with Crippen molar-refractivity contribution in [1.29, 1.82) is 0 Å². The Bertz CT molecular complexity index is 901. The first-order chi connectivity index (χ1) is 11.1. The van der Waals surface area contributed by atoms with E-state index in [4.69, 9.17) is 0 Å². The number of nitrogens with one attached hydrogen (secondary N) is 1. The van der Waals surface area contributed by atoms with Gasteiger partial charge in [-0.3, -0.25) is 9.36 Å². The quantitative estimate of drug-likeness (QED) is 0.798. The number of carbonyl (C=O) groups is 1. The minimum absolute atomic E-state index is 0.245. The van der Waals surface area contributed by atoms with Crippen molar-refractivity contribution in [2.75, 3.05) is 5.32 Å². The number of amides is 1. The second-order valence-electron chi connectivity index (χ2n) is 4.94. The molecule has 7 heteroatoms. The highest BCUT2D eigenvalue weighted by Crippen LogP contribution is 2.14.